The Hall–Kier alpha value is -1.70. The van der Waals surface area contributed by atoms with Crippen molar-refractivity contribution < 1.29 is 15.0 Å². The summed E-state index contributed by atoms with van der Waals surface area (Å²) in [5.41, 5.74) is 3.83. The number of aliphatic carboxylic acids is 1. The predicted octanol–water partition coefficient (Wildman–Crippen LogP) is 4.81. The standard InChI is InChI=1S/C16H13ClN2O3S3/c1-2-18-15(22)12(25-16(18)23)5-6-13-19(8-14(20)21)10-7-9(17)3-4-11(10)24-13/h3-5,7,22H,2,8H2,1H3,(H,20,21). The summed E-state index contributed by atoms with van der Waals surface area (Å²) in [7, 11) is 0. The quantitative estimate of drug-likeness (QED) is 0.555. The third kappa shape index (κ3) is 3.63. The molecule has 1 aromatic heterocycles. The molecule has 0 aliphatic carbocycles. The minimum atomic E-state index is -0.955. The van der Waals surface area contributed by atoms with Gasteiger partial charge in [0.1, 0.15) is 11.6 Å². The van der Waals surface area contributed by atoms with Gasteiger partial charge in [0.25, 0.3) is 0 Å². The van der Waals surface area contributed by atoms with E-state index in [0.717, 1.165) is 10.6 Å². The fraction of sp³-hybridized carbons (Fsp3) is 0.188. The Balaban J connectivity index is 2.05. The van der Waals surface area contributed by atoms with Gasteiger partial charge in [-0.3, -0.25) is 9.36 Å². The molecular weight excluding hydrogens is 400 g/mol. The molecule has 1 aliphatic heterocycles. The van der Waals surface area contributed by atoms with Crippen molar-refractivity contribution in [2.45, 2.75) is 18.4 Å². The van der Waals surface area contributed by atoms with Crippen LogP contribution < -0.4 is 4.90 Å². The van der Waals surface area contributed by atoms with Gasteiger partial charge in [-0.2, -0.15) is 0 Å². The second-order valence-corrected chi connectivity index (χ2v) is 8.23. The maximum absolute atomic E-state index is 11.2. The van der Waals surface area contributed by atoms with Crippen molar-refractivity contribution in [2.75, 3.05) is 11.4 Å². The van der Waals surface area contributed by atoms with Gasteiger partial charge in [0, 0.05) is 22.5 Å². The first-order chi connectivity index (χ1) is 11.9. The van der Waals surface area contributed by atoms with Gasteiger partial charge >= 0.3 is 5.97 Å². The zero-order valence-corrected chi connectivity index (χ0v) is 16.2. The molecule has 0 spiro atoms. The summed E-state index contributed by atoms with van der Waals surface area (Å²) in [4.78, 5) is 14.4. The summed E-state index contributed by atoms with van der Waals surface area (Å²) in [5, 5.41) is 20.6. The van der Waals surface area contributed by atoms with E-state index in [2.05, 4.69) is 5.73 Å². The molecule has 0 atom stereocenters. The number of thiazole rings is 1. The van der Waals surface area contributed by atoms with E-state index in [-0.39, 0.29) is 12.4 Å². The van der Waals surface area contributed by atoms with E-state index in [1.54, 1.807) is 27.7 Å². The zero-order valence-electron chi connectivity index (χ0n) is 13.0. The number of anilines is 1. The van der Waals surface area contributed by atoms with Crippen LogP contribution in [0.4, 0.5) is 5.69 Å². The third-order valence-corrected chi connectivity index (χ3v) is 6.21. The van der Waals surface area contributed by atoms with Crippen molar-refractivity contribution in [3.05, 3.63) is 42.8 Å². The van der Waals surface area contributed by atoms with Crippen LogP contribution in [-0.4, -0.2) is 27.3 Å². The van der Waals surface area contributed by atoms with Crippen molar-refractivity contribution in [3.8, 4) is 5.88 Å². The lowest BCUT2D eigenvalue weighted by atomic mass is 10.3. The highest BCUT2D eigenvalue weighted by Crippen LogP contribution is 2.46. The Labute approximate surface area is 162 Å². The Kier molecular flexibility index (Phi) is 5.27. The van der Waals surface area contributed by atoms with Crippen LogP contribution >= 0.6 is 46.9 Å². The molecule has 25 heavy (non-hydrogen) atoms. The lowest BCUT2D eigenvalue weighted by molar-refractivity contribution is -0.135. The van der Waals surface area contributed by atoms with Gasteiger partial charge in [-0.25, -0.2) is 0 Å². The minimum absolute atomic E-state index is 0.0962. The van der Waals surface area contributed by atoms with Gasteiger partial charge in [-0.1, -0.05) is 29.1 Å². The topological polar surface area (TPSA) is 65.7 Å². The molecule has 130 valence electrons. The molecule has 9 heteroatoms. The summed E-state index contributed by atoms with van der Waals surface area (Å²) in [6, 6.07) is 5.34. The molecule has 2 aromatic rings. The van der Waals surface area contributed by atoms with Crippen LogP contribution in [0.15, 0.2) is 33.9 Å². The van der Waals surface area contributed by atoms with E-state index in [4.69, 9.17) is 23.8 Å². The molecule has 2 N–H and O–H groups in total. The maximum Gasteiger partial charge on any atom is 0.323 e. The fourth-order valence-corrected chi connectivity index (χ4v) is 4.86. The Morgan fingerprint density at radius 3 is 2.88 bits per heavy atom. The molecule has 1 aromatic carbocycles. The predicted molar refractivity (Wildman–Crippen MR) is 104 cm³/mol. The Morgan fingerprint density at radius 1 is 1.48 bits per heavy atom. The molecule has 3 rings (SSSR count). The number of thioether (sulfide) groups is 1. The summed E-state index contributed by atoms with van der Waals surface area (Å²) >= 11 is 13.9. The Bertz CT molecular complexity index is 973. The van der Waals surface area contributed by atoms with E-state index in [1.165, 1.54) is 23.1 Å². The summed E-state index contributed by atoms with van der Waals surface area (Å²) in [6.45, 7) is 2.28. The number of carbonyl (C=O) groups is 1. The second-order valence-electron chi connectivity index (χ2n) is 5.09. The first-order valence-corrected chi connectivity index (χ1v) is 9.68. The van der Waals surface area contributed by atoms with Gasteiger partial charge in [0.2, 0.25) is 5.88 Å². The van der Waals surface area contributed by atoms with Gasteiger partial charge in [0.05, 0.1) is 10.6 Å². The zero-order chi connectivity index (χ0) is 18.1. The molecule has 0 saturated carbocycles. The average molecular weight is 413 g/mol. The van der Waals surface area contributed by atoms with E-state index in [1.807, 2.05) is 13.0 Å². The number of aromatic hydroxyl groups is 1. The third-order valence-electron chi connectivity index (χ3n) is 3.49. The van der Waals surface area contributed by atoms with Crippen LogP contribution in [0.5, 0.6) is 5.88 Å². The highest BCUT2D eigenvalue weighted by molar-refractivity contribution is 8.03. The van der Waals surface area contributed by atoms with E-state index >= 15 is 0 Å². The van der Waals surface area contributed by atoms with Crippen LogP contribution in [0.2, 0.25) is 5.02 Å². The average Bonchev–Trinajstić information content (AvgIpc) is 3.02. The largest absolute Gasteiger partial charge is 0.493 e. The molecule has 0 unspecified atom stereocenters. The van der Waals surface area contributed by atoms with Crippen molar-refractivity contribution in [2.24, 2.45) is 0 Å². The number of benzene rings is 1. The first kappa shape index (κ1) is 18.1. The van der Waals surface area contributed by atoms with Crippen molar-refractivity contribution in [1.82, 2.24) is 4.57 Å². The number of rotatable bonds is 4. The van der Waals surface area contributed by atoms with Gasteiger partial charge in [0.15, 0.2) is 3.95 Å². The molecule has 0 fully saturated rings. The van der Waals surface area contributed by atoms with Crippen LogP contribution in [-0.2, 0) is 11.3 Å². The molecular formula is C16H13ClN2O3S3. The second kappa shape index (κ2) is 7.27. The molecule has 5 nitrogen and oxygen atoms in total. The van der Waals surface area contributed by atoms with Crippen LogP contribution in [0, 0.1) is 3.95 Å². The smallest absolute Gasteiger partial charge is 0.323 e. The SMILES string of the molecule is CCn1c(O)c(C=C=C2Sc3ccc(Cl)cc3N2CC(=O)O)sc1=S. The van der Waals surface area contributed by atoms with Gasteiger partial charge in [-0.15, -0.1) is 11.3 Å². The summed E-state index contributed by atoms with van der Waals surface area (Å²) < 4.78 is 2.21. The highest BCUT2D eigenvalue weighted by atomic mass is 35.5. The monoisotopic (exact) mass is 412 g/mol. The number of hydrogen-bond acceptors (Lipinski definition) is 6. The van der Waals surface area contributed by atoms with Crippen LogP contribution in [0.3, 0.4) is 0 Å². The summed E-state index contributed by atoms with van der Waals surface area (Å²) in [5.74, 6) is -0.859. The molecule has 0 bridgehead atoms. The van der Waals surface area contributed by atoms with E-state index in [0.29, 0.717) is 25.4 Å². The molecule has 0 amide bonds. The molecule has 2 heterocycles. The lowest BCUT2D eigenvalue weighted by Crippen LogP contribution is -2.25. The summed E-state index contributed by atoms with van der Waals surface area (Å²) in [6.07, 6.45) is 1.63. The number of fused-ring (bicyclic) bond motifs is 1. The fourth-order valence-electron chi connectivity index (χ4n) is 2.37. The van der Waals surface area contributed by atoms with Crippen molar-refractivity contribution in [1.29, 1.82) is 0 Å². The van der Waals surface area contributed by atoms with E-state index < -0.39 is 5.97 Å². The number of carboxylic acids is 1. The molecule has 0 saturated heterocycles. The van der Waals surface area contributed by atoms with Gasteiger partial charge < -0.3 is 15.1 Å². The number of carboxylic acid groups (broad SMARTS) is 1. The van der Waals surface area contributed by atoms with E-state index in [9.17, 15) is 15.0 Å². The molecule has 0 radical (unpaired) electrons. The highest BCUT2D eigenvalue weighted by Gasteiger charge is 2.27. The molecule has 1 aliphatic rings. The van der Waals surface area contributed by atoms with Gasteiger partial charge in [-0.05, 0) is 37.3 Å². The van der Waals surface area contributed by atoms with Crippen molar-refractivity contribution >= 4 is 64.7 Å². The number of nitrogens with zero attached hydrogens (tertiary/aromatic N) is 2. The van der Waals surface area contributed by atoms with Crippen LogP contribution in [0.25, 0.3) is 6.08 Å². The Morgan fingerprint density at radius 2 is 2.24 bits per heavy atom. The minimum Gasteiger partial charge on any atom is -0.493 e. The lowest BCUT2D eigenvalue weighted by Gasteiger charge is -2.16. The first-order valence-electron chi connectivity index (χ1n) is 7.26. The number of halogens is 1. The maximum atomic E-state index is 11.2. The van der Waals surface area contributed by atoms with Crippen molar-refractivity contribution in [3.63, 3.8) is 0 Å². The van der Waals surface area contributed by atoms with Crippen LogP contribution in [0.1, 0.15) is 11.8 Å². The number of aromatic nitrogens is 1. The number of hydrogen-bond donors (Lipinski definition) is 2. The normalized spacial score (nSPS) is 12.9.